The SMILES string of the molecule is CC(C)CC(NN)C1CCCO1. The predicted molar refractivity (Wildman–Crippen MR) is 49.5 cm³/mol. The lowest BCUT2D eigenvalue weighted by atomic mass is 9.98. The van der Waals surface area contributed by atoms with Crippen molar-refractivity contribution in [3.63, 3.8) is 0 Å². The highest BCUT2D eigenvalue weighted by molar-refractivity contribution is 4.79. The van der Waals surface area contributed by atoms with Crippen LogP contribution in [0.4, 0.5) is 0 Å². The van der Waals surface area contributed by atoms with Crippen molar-refractivity contribution in [2.75, 3.05) is 6.61 Å². The number of hydrazine groups is 1. The van der Waals surface area contributed by atoms with Gasteiger partial charge >= 0.3 is 0 Å². The monoisotopic (exact) mass is 172 g/mol. The fraction of sp³-hybridized carbons (Fsp3) is 1.00. The summed E-state index contributed by atoms with van der Waals surface area (Å²) in [7, 11) is 0. The van der Waals surface area contributed by atoms with Crippen LogP contribution in [-0.2, 0) is 4.74 Å². The smallest absolute Gasteiger partial charge is 0.0742 e. The maximum absolute atomic E-state index is 5.56. The van der Waals surface area contributed by atoms with Gasteiger partial charge < -0.3 is 4.74 Å². The first-order valence-electron chi connectivity index (χ1n) is 4.81. The van der Waals surface area contributed by atoms with Gasteiger partial charge in [-0.2, -0.15) is 0 Å². The van der Waals surface area contributed by atoms with E-state index in [1.807, 2.05) is 0 Å². The minimum atomic E-state index is 0.340. The van der Waals surface area contributed by atoms with E-state index in [0.717, 1.165) is 19.4 Å². The highest BCUT2D eigenvalue weighted by atomic mass is 16.5. The molecule has 1 rings (SSSR count). The molecule has 0 spiro atoms. The van der Waals surface area contributed by atoms with Crippen molar-refractivity contribution in [1.82, 2.24) is 5.43 Å². The standard InChI is InChI=1S/C9H20N2O/c1-7(2)6-8(11-10)9-4-3-5-12-9/h7-9,11H,3-6,10H2,1-2H3. The summed E-state index contributed by atoms with van der Waals surface area (Å²) in [4.78, 5) is 0. The van der Waals surface area contributed by atoms with Gasteiger partial charge in [0.1, 0.15) is 0 Å². The van der Waals surface area contributed by atoms with Gasteiger partial charge in [0.2, 0.25) is 0 Å². The van der Waals surface area contributed by atoms with Crippen molar-refractivity contribution >= 4 is 0 Å². The lowest BCUT2D eigenvalue weighted by Gasteiger charge is -2.23. The molecule has 1 aliphatic heterocycles. The summed E-state index contributed by atoms with van der Waals surface area (Å²) >= 11 is 0. The quantitative estimate of drug-likeness (QED) is 0.492. The summed E-state index contributed by atoms with van der Waals surface area (Å²) in [5.74, 6) is 6.15. The molecule has 0 aromatic carbocycles. The molecule has 1 aliphatic rings. The topological polar surface area (TPSA) is 47.3 Å². The largest absolute Gasteiger partial charge is 0.377 e. The van der Waals surface area contributed by atoms with Gasteiger partial charge in [-0.1, -0.05) is 13.8 Å². The lowest BCUT2D eigenvalue weighted by molar-refractivity contribution is 0.0715. The van der Waals surface area contributed by atoms with Crippen LogP contribution >= 0.6 is 0 Å². The van der Waals surface area contributed by atoms with Crippen molar-refractivity contribution in [2.45, 2.75) is 45.3 Å². The summed E-state index contributed by atoms with van der Waals surface area (Å²) < 4.78 is 5.56. The van der Waals surface area contributed by atoms with E-state index in [4.69, 9.17) is 10.6 Å². The fourth-order valence-corrected chi connectivity index (χ4v) is 1.75. The molecule has 3 heteroatoms. The zero-order chi connectivity index (χ0) is 8.97. The molecule has 0 aliphatic carbocycles. The van der Waals surface area contributed by atoms with Gasteiger partial charge in [-0.3, -0.25) is 11.3 Å². The Morgan fingerprint density at radius 1 is 1.58 bits per heavy atom. The van der Waals surface area contributed by atoms with E-state index in [-0.39, 0.29) is 0 Å². The van der Waals surface area contributed by atoms with Crippen LogP contribution in [0.1, 0.15) is 33.1 Å². The fourth-order valence-electron chi connectivity index (χ4n) is 1.75. The molecule has 2 atom stereocenters. The van der Waals surface area contributed by atoms with Gasteiger partial charge in [0.25, 0.3) is 0 Å². The van der Waals surface area contributed by atoms with Gasteiger partial charge in [0.05, 0.1) is 6.10 Å². The Bertz CT molecular complexity index is 122. The molecule has 0 saturated carbocycles. The van der Waals surface area contributed by atoms with E-state index >= 15 is 0 Å². The Kier molecular flexibility index (Phi) is 3.98. The Morgan fingerprint density at radius 3 is 2.75 bits per heavy atom. The van der Waals surface area contributed by atoms with Crippen molar-refractivity contribution in [3.8, 4) is 0 Å². The van der Waals surface area contributed by atoms with E-state index in [9.17, 15) is 0 Å². The average Bonchev–Trinajstić information content (AvgIpc) is 2.51. The first-order valence-corrected chi connectivity index (χ1v) is 4.81. The summed E-state index contributed by atoms with van der Waals surface area (Å²) in [6, 6.07) is 0.340. The third-order valence-electron chi connectivity index (χ3n) is 2.35. The van der Waals surface area contributed by atoms with Crippen molar-refractivity contribution in [3.05, 3.63) is 0 Å². The Balaban J connectivity index is 2.32. The third-order valence-corrected chi connectivity index (χ3v) is 2.35. The minimum Gasteiger partial charge on any atom is -0.377 e. The van der Waals surface area contributed by atoms with Gasteiger partial charge in [-0.15, -0.1) is 0 Å². The van der Waals surface area contributed by atoms with Crippen molar-refractivity contribution in [1.29, 1.82) is 0 Å². The maximum atomic E-state index is 5.56. The molecule has 12 heavy (non-hydrogen) atoms. The first kappa shape index (κ1) is 9.96. The summed E-state index contributed by atoms with van der Waals surface area (Å²) in [5.41, 5.74) is 2.85. The van der Waals surface area contributed by atoms with Crippen molar-refractivity contribution in [2.24, 2.45) is 11.8 Å². The minimum absolute atomic E-state index is 0.340. The van der Waals surface area contributed by atoms with E-state index < -0.39 is 0 Å². The van der Waals surface area contributed by atoms with Crippen molar-refractivity contribution < 1.29 is 4.74 Å². The highest BCUT2D eigenvalue weighted by Gasteiger charge is 2.25. The molecule has 0 aromatic rings. The second-order valence-corrected chi connectivity index (χ2v) is 3.95. The second-order valence-electron chi connectivity index (χ2n) is 3.95. The molecule has 3 nitrogen and oxygen atoms in total. The van der Waals surface area contributed by atoms with Crippen LogP contribution in [0.3, 0.4) is 0 Å². The predicted octanol–water partition coefficient (Wildman–Crippen LogP) is 1.04. The van der Waals surface area contributed by atoms with Gasteiger partial charge in [0.15, 0.2) is 0 Å². The summed E-state index contributed by atoms with van der Waals surface area (Å²) in [6.45, 7) is 5.32. The van der Waals surface area contributed by atoms with Gasteiger partial charge in [-0.05, 0) is 25.2 Å². The molecule has 72 valence electrons. The van der Waals surface area contributed by atoms with Gasteiger partial charge in [-0.25, -0.2) is 0 Å². The van der Waals surface area contributed by atoms with Crippen LogP contribution in [0.2, 0.25) is 0 Å². The van der Waals surface area contributed by atoms with Crippen LogP contribution in [0.25, 0.3) is 0 Å². The average molecular weight is 172 g/mol. The molecule has 1 fully saturated rings. The number of rotatable bonds is 4. The number of nitrogens with two attached hydrogens (primary N) is 1. The van der Waals surface area contributed by atoms with Crippen LogP contribution in [0.15, 0.2) is 0 Å². The zero-order valence-corrected chi connectivity index (χ0v) is 8.05. The summed E-state index contributed by atoms with van der Waals surface area (Å²) in [6.07, 6.45) is 3.78. The number of nitrogens with one attached hydrogen (secondary N) is 1. The van der Waals surface area contributed by atoms with Crippen LogP contribution < -0.4 is 11.3 Å². The Hall–Kier alpha value is -0.120. The molecular formula is C9H20N2O. The molecule has 1 heterocycles. The number of hydrogen-bond donors (Lipinski definition) is 2. The molecule has 3 N–H and O–H groups in total. The van der Waals surface area contributed by atoms with Crippen LogP contribution in [-0.4, -0.2) is 18.8 Å². The maximum Gasteiger partial charge on any atom is 0.0742 e. The summed E-state index contributed by atoms with van der Waals surface area (Å²) in [5, 5.41) is 0. The van der Waals surface area contributed by atoms with E-state index in [2.05, 4.69) is 19.3 Å². The molecule has 2 unspecified atom stereocenters. The van der Waals surface area contributed by atoms with E-state index in [0.29, 0.717) is 18.1 Å². The number of ether oxygens (including phenoxy) is 1. The molecule has 0 bridgehead atoms. The lowest BCUT2D eigenvalue weighted by Crippen LogP contribution is -2.44. The first-order chi connectivity index (χ1) is 5.74. The Labute approximate surface area is 74.6 Å². The Morgan fingerprint density at radius 2 is 2.33 bits per heavy atom. The zero-order valence-electron chi connectivity index (χ0n) is 8.05. The van der Waals surface area contributed by atoms with Crippen LogP contribution in [0.5, 0.6) is 0 Å². The van der Waals surface area contributed by atoms with E-state index in [1.165, 1.54) is 6.42 Å². The van der Waals surface area contributed by atoms with Gasteiger partial charge in [0, 0.05) is 12.6 Å². The second kappa shape index (κ2) is 4.80. The molecule has 0 radical (unpaired) electrons. The molecule has 1 saturated heterocycles. The van der Waals surface area contributed by atoms with E-state index in [1.54, 1.807) is 0 Å². The number of hydrogen-bond acceptors (Lipinski definition) is 3. The normalized spacial score (nSPS) is 26.5. The highest BCUT2D eigenvalue weighted by Crippen LogP contribution is 2.19. The molecule has 0 aromatic heterocycles. The third kappa shape index (κ3) is 2.73. The molecule has 0 amide bonds. The van der Waals surface area contributed by atoms with Crippen LogP contribution in [0, 0.1) is 5.92 Å². The molecular weight excluding hydrogens is 152 g/mol.